The van der Waals surface area contributed by atoms with Gasteiger partial charge in [0.25, 0.3) is 0 Å². The molecule has 5 heteroatoms. The standard InChI is InChI=1S/C17H17FO4/c1-21-13-8-6-12(7-9-13)14(17(19)20)10-11-22-16-5-3-2-4-15(16)18/h2-9,14H,10-11H2,1H3,(H,19,20). The molecule has 0 aliphatic rings. The van der Waals surface area contributed by atoms with E-state index in [1.54, 1.807) is 43.5 Å². The van der Waals surface area contributed by atoms with E-state index in [0.29, 0.717) is 11.3 Å². The molecule has 0 spiro atoms. The summed E-state index contributed by atoms with van der Waals surface area (Å²) >= 11 is 0. The fourth-order valence-corrected chi connectivity index (χ4v) is 2.12. The molecule has 0 heterocycles. The van der Waals surface area contributed by atoms with Gasteiger partial charge in [-0.15, -0.1) is 0 Å². The lowest BCUT2D eigenvalue weighted by Gasteiger charge is -2.14. The molecule has 2 aromatic rings. The SMILES string of the molecule is COc1ccc(C(CCOc2ccccc2F)C(=O)O)cc1. The van der Waals surface area contributed by atoms with Gasteiger partial charge in [-0.25, -0.2) is 4.39 Å². The molecule has 1 N–H and O–H groups in total. The minimum absolute atomic E-state index is 0.115. The summed E-state index contributed by atoms with van der Waals surface area (Å²) < 4.78 is 23.8. The summed E-state index contributed by atoms with van der Waals surface area (Å²) in [6.45, 7) is 0.115. The van der Waals surface area contributed by atoms with Crippen molar-refractivity contribution in [2.75, 3.05) is 13.7 Å². The molecule has 2 aromatic carbocycles. The van der Waals surface area contributed by atoms with Gasteiger partial charge in [0.2, 0.25) is 0 Å². The number of carboxylic acid groups (broad SMARTS) is 1. The van der Waals surface area contributed by atoms with Gasteiger partial charge in [0, 0.05) is 0 Å². The Morgan fingerprint density at radius 2 is 1.86 bits per heavy atom. The van der Waals surface area contributed by atoms with Gasteiger partial charge in [0.15, 0.2) is 11.6 Å². The quantitative estimate of drug-likeness (QED) is 0.851. The molecular formula is C17H17FO4. The molecule has 0 saturated carbocycles. The van der Waals surface area contributed by atoms with E-state index >= 15 is 0 Å². The van der Waals surface area contributed by atoms with E-state index in [4.69, 9.17) is 9.47 Å². The largest absolute Gasteiger partial charge is 0.497 e. The molecule has 0 bridgehead atoms. The highest BCUT2D eigenvalue weighted by Gasteiger charge is 2.20. The first-order valence-electron chi connectivity index (χ1n) is 6.86. The Balaban J connectivity index is 2.00. The molecule has 0 aliphatic carbocycles. The number of rotatable bonds is 7. The van der Waals surface area contributed by atoms with Crippen molar-refractivity contribution in [1.82, 2.24) is 0 Å². The van der Waals surface area contributed by atoms with Gasteiger partial charge in [-0.2, -0.15) is 0 Å². The lowest BCUT2D eigenvalue weighted by atomic mass is 9.96. The zero-order valence-corrected chi connectivity index (χ0v) is 12.2. The van der Waals surface area contributed by atoms with Gasteiger partial charge in [0.05, 0.1) is 19.6 Å². The smallest absolute Gasteiger partial charge is 0.311 e. The Labute approximate surface area is 128 Å². The van der Waals surface area contributed by atoms with E-state index in [1.807, 2.05) is 0 Å². The first-order valence-corrected chi connectivity index (χ1v) is 6.86. The third-order valence-corrected chi connectivity index (χ3v) is 3.32. The lowest BCUT2D eigenvalue weighted by Crippen LogP contribution is -2.15. The first kappa shape index (κ1) is 15.8. The Kier molecular flexibility index (Phi) is 5.36. The number of ether oxygens (including phenoxy) is 2. The van der Waals surface area contributed by atoms with Crippen LogP contribution in [0.4, 0.5) is 4.39 Å². The topological polar surface area (TPSA) is 55.8 Å². The average Bonchev–Trinajstić information content (AvgIpc) is 2.53. The van der Waals surface area contributed by atoms with Crippen LogP contribution in [0.5, 0.6) is 11.5 Å². The fraction of sp³-hybridized carbons (Fsp3) is 0.235. The van der Waals surface area contributed by atoms with Crippen LogP contribution in [0.1, 0.15) is 17.9 Å². The maximum absolute atomic E-state index is 13.4. The molecule has 0 aromatic heterocycles. The summed E-state index contributed by atoms with van der Waals surface area (Å²) in [6.07, 6.45) is 0.246. The molecule has 0 amide bonds. The number of carboxylic acids is 1. The summed E-state index contributed by atoms with van der Waals surface area (Å²) in [5, 5.41) is 9.34. The van der Waals surface area contributed by atoms with Crippen LogP contribution < -0.4 is 9.47 Å². The zero-order valence-electron chi connectivity index (χ0n) is 12.2. The second-order valence-electron chi connectivity index (χ2n) is 4.73. The molecule has 0 aliphatic heterocycles. The maximum Gasteiger partial charge on any atom is 0.311 e. The summed E-state index contributed by atoms with van der Waals surface area (Å²) in [5.74, 6) is -1.32. The van der Waals surface area contributed by atoms with Crippen LogP contribution in [0.2, 0.25) is 0 Å². The van der Waals surface area contributed by atoms with Crippen LogP contribution in [0.3, 0.4) is 0 Å². The van der Waals surface area contributed by atoms with Crippen LogP contribution >= 0.6 is 0 Å². The number of hydrogen-bond acceptors (Lipinski definition) is 3. The normalized spacial score (nSPS) is 11.7. The first-order chi connectivity index (χ1) is 10.6. The molecule has 0 saturated heterocycles. The second-order valence-corrected chi connectivity index (χ2v) is 4.73. The van der Waals surface area contributed by atoms with Crippen LogP contribution in [0, 0.1) is 5.82 Å². The summed E-state index contributed by atoms with van der Waals surface area (Å²) in [6, 6.07) is 12.9. The Hall–Kier alpha value is -2.56. The number of benzene rings is 2. The van der Waals surface area contributed by atoms with Crippen LogP contribution in [-0.4, -0.2) is 24.8 Å². The Morgan fingerprint density at radius 3 is 2.45 bits per heavy atom. The van der Waals surface area contributed by atoms with E-state index in [2.05, 4.69) is 0 Å². The summed E-state index contributed by atoms with van der Waals surface area (Å²) in [7, 11) is 1.55. The molecule has 1 atom stereocenters. The molecule has 1 unspecified atom stereocenters. The number of halogens is 1. The highest BCUT2D eigenvalue weighted by atomic mass is 19.1. The fourth-order valence-electron chi connectivity index (χ4n) is 2.12. The minimum atomic E-state index is -0.942. The van der Waals surface area contributed by atoms with Crippen molar-refractivity contribution in [2.45, 2.75) is 12.3 Å². The van der Waals surface area contributed by atoms with E-state index in [0.717, 1.165) is 0 Å². The Bertz CT molecular complexity index is 625. The third kappa shape index (κ3) is 3.97. The second kappa shape index (κ2) is 7.45. The van der Waals surface area contributed by atoms with Crippen molar-refractivity contribution < 1.29 is 23.8 Å². The van der Waals surface area contributed by atoms with Gasteiger partial charge >= 0.3 is 5.97 Å². The van der Waals surface area contributed by atoms with Crippen molar-refractivity contribution in [1.29, 1.82) is 0 Å². The number of methoxy groups -OCH3 is 1. The number of carbonyl (C=O) groups is 1. The molecule has 0 fully saturated rings. The van der Waals surface area contributed by atoms with E-state index in [-0.39, 0.29) is 18.8 Å². The van der Waals surface area contributed by atoms with Gasteiger partial charge in [-0.3, -0.25) is 4.79 Å². The van der Waals surface area contributed by atoms with Gasteiger partial charge in [-0.1, -0.05) is 24.3 Å². The van der Waals surface area contributed by atoms with Crippen LogP contribution in [-0.2, 0) is 4.79 Å². The highest BCUT2D eigenvalue weighted by molar-refractivity contribution is 5.76. The number of aliphatic carboxylic acids is 1. The molecule has 22 heavy (non-hydrogen) atoms. The lowest BCUT2D eigenvalue weighted by molar-refractivity contribution is -0.139. The van der Waals surface area contributed by atoms with Crippen molar-refractivity contribution in [3.63, 3.8) is 0 Å². The summed E-state index contributed by atoms with van der Waals surface area (Å²) in [4.78, 5) is 11.4. The van der Waals surface area contributed by atoms with Gasteiger partial charge in [-0.05, 0) is 36.2 Å². The van der Waals surface area contributed by atoms with Crippen molar-refractivity contribution in [3.8, 4) is 11.5 Å². The molecular weight excluding hydrogens is 287 g/mol. The number of hydrogen-bond donors (Lipinski definition) is 1. The van der Waals surface area contributed by atoms with E-state index in [1.165, 1.54) is 12.1 Å². The maximum atomic E-state index is 13.4. The third-order valence-electron chi connectivity index (χ3n) is 3.32. The summed E-state index contributed by atoms with van der Waals surface area (Å²) in [5.41, 5.74) is 0.658. The Morgan fingerprint density at radius 1 is 1.18 bits per heavy atom. The molecule has 4 nitrogen and oxygen atoms in total. The van der Waals surface area contributed by atoms with E-state index < -0.39 is 17.7 Å². The predicted molar refractivity (Wildman–Crippen MR) is 79.9 cm³/mol. The monoisotopic (exact) mass is 304 g/mol. The minimum Gasteiger partial charge on any atom is -0.497 e. The predicted octanol–water partition coefficient (Wildman–Crippen LogP) is 3.47. The average molecular weight is 304 g/mol. The molecule has 0 radical (unpaired) electrons. The van der Waals surface area contributed by atoms with Crippen molar-refractivity contribution >= 4 is 5.97 Å². The van der Waals surface area contributed by atoms with E-state index in [9.17, 15) is 14.3 Å². The van der Waals surface area contributed by atoms with Crippen LogP contribution in [0.15, 0.2) is 48.5 Å². The molecule has 116 valence electrons. The number of para-hydroxylation sites is 1. The van der Waals surface area contributed by atoms with Crippen molar-refractivity contribution in [3.05, 3.63) is 59.9 Å². The van der Waals surface area contributed by atoms with Gasteiger partial charge < -0.3 is 14.6 Å². The van der Waals surface area contributed by atoms with Crippen LogP contribution in [0.25, 0.3) is 0 Å². The highest BCUT2D eigenvalue weighted by Crippen LogP contribution is 2.24. The molecule has 2 rings (SSSR count). The zero-order chi connectivity index (χ0) is 15.9. The van der Waals surface area contributed by atoms with Gasteiger partial charge in [0.1, 0.15) is 5.75 Å². The van der Waals surface area contributed by atoms with Crippen molar-refractivity contribution in [2.24, 2.45) is 0 Å².